The quantitative estimate of drug-likeness (QED) is 0.478. The molecule has 0 radical (unpaired) electrons. The Hall–Kier alpha value is -0.770. The van der Waals surface area contributed by atoms with Crippen LogP contribution in [0.2, 0.25) is 0 Å². The van der Waals surface area contributed by atoms with E-state index in [4.69, 9.17) is 0 Å². The Balaban J connectivity index is 2.10. The number of allylic oxidation sites excluding steroid dienone is 1. The first kappa shape index (κ1) is 13.7. The second-order valence-electron chi connectivity index (χ2n) is 5.29. The van der Waals surface area contributed by atoms with E-state index in [1.165, 1.54) is 16.8 Å². The Bertz CT molecular complexity index is 467. The van der Waals surface area contributed by atoms with Crippen LogP contribution in [0.5, 0.6) is 0 Å². The van der Waals surface area contributed by atoms with Crippen LogP contribution in [0, 0.1) is 0 Å². The van der Waals surface area contributed by atoms with Crippen LogP contribution in [0.15, 0.2) is 48.1 Å². The molecule has 1 nitrogen and oxygen atoms in total. The molecule has 2 rings (SSSR count). The van der Waals surface area contributed by atoms with Gasteiger partial charge in [0.05, 0.1) is 3.42 Å². The second kappa shape index (κ2) is 5.47. The number of nitrogens with one attached hydrogen (secondary N) is 1. The molecule has 0 aromatic heterocycles. The average Bonchev–Trinajstić information content (AvgIpc) is 2.78. The molecule has 2 unspecified atom stereocenters. The molecule has 2 heteroatoms. The maximum Gasteiger partial charge on any atom is 0.0579 e. The molecule has 0 saturated heterocycles. The van der Waals surface area contributed by atoms with Gasteiger partial charge in [-0.1, -0.05) is 70.6 Å². The molecule has 1 aliphatic rings. The van der Waals surface area contributed by atoms with E-state index < -0.39 is 0 Å². The topological polar surface area (TPSA) is 12.0 Å². The Labute approximate surface area is 124 Å². The molecule has 1 aromatic carbocycles. The van der Waals surface area contributed by atoms with Gasteiger partial charge in [-0.25, -0.2) is 0 Å². The number of alkyl halides is 1. The fourth-order valence-electron chi connectivity index (χ4n) is 2.40. The number of halogens is 1. The highest BCUT2D eigenvalue weighted by Crippen LogP contribution is 2.33. The van der Waals surface area contributed by atoms with Crippen LogP contribution < -0.4 is 5.32 Å². The summed E-state index contributed by atoms with van der Waals surface area (Å²) in [6, 6.07) is 11.0. The SMILES string of the molecule is CC(C)=CC(C)(I)C1CC=C(c2ccccc2)N1. The largest absolute Gasteiger partial charge is 0.380 e. The molecule has 0 fully saturated rings. The summed E-state index contributed by atoms with van der Waals surface area (Å²) in [5.74, 6) is 0. The monoisotopic (exact) mass is 353 g/mol. The zero-order chi connectivity index (χ0) is 13.2. The van der Waals surface area contributed by atoms with Crippen molar-refractivity contribution in [2.75, 3.05) is 0 Å². The molecule has 0 saturated carbocycles. The van der Waals surface area contributed by atoms with Gasteiger partial charge in [-0.15, -0.1) is 0 Å². The van der Waals surface area contributed by atoms with Gasteiger partial charge >= 0.3 is 0 Å². The summed E-state index contributed by atoms with van der Waals surface area (Å²) in [6.45, 7) is 6.62. The number of hydrogen-bond donors (Lipinski definition) is 1. The summed E-state index contributed by atoms with van der Waals surface area (Å²) >= 11 is 2.55. The van der Waals surface area contributed by atoms with Crippen LogP contribution in [0.25, 0.3) is 5.70 Å². The van der Waals surface area contributed by atoms with Gasteiger partial charge in [0.2, 0.25) is 0 Å². The highest BCUT2D eigenvalue weighted by Gasteiger charge is 2.32. The fourth-order valence-corrected chi connectivity index (χ4v) is 3.43. The van der Waals surface area contributed by atoms with Crippen molar-refractivity contribution in [2.24, 2.45) is 0 Å². The van der Waals surface area contributed by atoms with Crippen molar-refractivity contribution in [3.8, 4) is 0 Å². The zero-order valence-electron chi connectivity index (χ0n) is 11.2. The summed E-state index contributed by atoms with van der Waals surface area (Å²) in [5, 5.41) is 3.66. The van der Waals surface area contributed by atoms with Crippen molar-refractivity contribution in [1.29, 1.82) is 0 Å². The van der Waals surface area contributed by atoms with Gasteiger partial charge in [-0.3, -0.25) is 0 Å². The summed E-state index contributed by atoms with van der Waals surface area (Å²) in [4.78, 5) is 0. The smallest absolute Gasteiger partial charge is 0.0579 e. The van der Waals surface area contributed by atoms with E-state index >= 15 is 0 Å². The van der Waals surface area contributed by atoms with Gasteiger partial charge in [0.25, 0.3) is 0 Å². The molecule has 0 amide bonds. The maximum atomic E-state index is 3.66. The Morgan fingerprint density at radius 3 is 2.61 bits per heavy atom. The lowest BCUT2D eigenvalue weighted by atomic mass is 9.98. The normalized spacial score (nSPS) is 21.8. The maximum absolute atomic E-state index is 3.66. The minimum atomic E-state index is 0.156. The lowest BCUT2D eigenvalue weighted by Gasteiger charge is -2.28. The van der Waals surface area contributed by atoms with E-state index in [-0.39, 0.29) is 3.42 Å². The van der Waals surface area contributed by atoms with Crippen molar-refractivity contribution in [1.82, 2.24) is 5.32 Å². The van der Waals surface area contributed by atoms with E-state index in [0.717, 1.165) is 6.42 Å². The highest BCUT2D eigenvalue weighted by atomic mass is 127. The summed E-state index contributed by atoms with van der Waals surface area (Å²) in [7, 11) is 0. The van der Waals surface area contributed by atoms with Gasteiger partial charge in [0.1, 0.15) is 0 Å². The first-order chi connectivity index (χ1) is 8.49. The molecule has 1 N–H and O–H groups in total. The summed E-state index contributed by atoms with van der Waals surface area (Å²) in [6.07, 6.45) is 5.76. The van der Waals surface area contributed by atoms with Crippen LogP contribution in [-0.4, -0.2) is 9.46 Å². The van der Waals surface area contributed by atoms with Gasteiger partial charge in [0, 0.05) is 11.7 Å². The third kappa shape index (κ3) is 3.16. The van der Waals surface area contributed by atoms with Crippen LogP contribution >= 0.6 is 22.6 Å². The predicted octanol–water partition coefficient (Wildman–Crippen LogP) is 4.55. The highest BCUT2D eigenvalue weighted by molar-refractivity contribution is 14.1. The van der Waals surface area contributed by atoms with Gasteiger partial charge in [-0.05, 0) is 32.8 Å². The van der Waals surface area contributed by atoms with E-state index in [2.05, 4.69) is 91.2 Å². The minimum absolute atomic E-state index is 0.156. The molecular weight excluding hydrogens is 333 g/mol. The second-order valence-corrected chi connectivity index (χ2v) is 7.61. The van der Waals surface area contributed by atoms with Crippen LogP contribution in [-0.2, 0) is 0 Å². The third-order valence-corrected chi connectivity index (χ3v) is 4.29. The molecule has 2 atom stereocenters. The van der Waals surface area contributed by atoms with Crippen LogP contribution in [0.4, 0.5) is 0 Å². The van der Waals surface area contributed by atoms with Gasteiger partial charge in [0.15, 0.2) is 0 Å². The average molecular weight is 353 g/mol. The van der Waals surface area contributed by atoms with Crippen molar-refractivity contribution >= 4 is 28.3 Å². The third-order valence-electron chi connectivity index (χ3n) is 3.22. The first-order valence-electron chi connectivity index (χ1n) is 6.36. The van der Waals surface area contributed by atoms with Crippen LogP contribution in [0.1, 0.15) is 32.8 Å². The lowest BCUT2D eigenvalue weighted by Crippen LogP contribution is -2.39. The van der Waals surface area contributed by atoms with Crippen molar-refractivity contribution in [3.63, 3.8) is 0 Å². The summed E-state index contributed by atoms with van der Waals surface area (Å²) < 4.78 is 0.156. The number of hydrogen-bond acceptors (Lipinski definition) is 1. The Morgan fingerprint density at radius 2 is 2.00 bits per heavy atom. The summed E-state index contributed by atoms with van der Waals surface area (Å²) in [5.41, 5.74) is 3.93. The molecule has 18 heavy (non-hydrogen) atoms. The van der Waals surface area contributed by atoms with Crippen molar-refractivity contribution in [3.05, 3.63) is 53.6 Å². The lowest BCUT2D eigenvalue weighted by molar-refractivity contribution is 0.566. The molecule has 1 aliphatic heterocycles. The van der Waals surface area contributed by atoms with Crippen LogP contribution in [0.3, 0.4) is 0 Å². The van der Waals surface area contributed by atoms with Gasteiger partial charge in [-0.2, -0.15) is 0 Å². The number of rotatable bonds is 3. The van der Waals surface area contributed by atoms with Crippen molar-refractivity contribution in [2.45, 2.75) is 36.7 Å². The standard InChI is InChI=1S/C16H20IN/c1-12(2)11-16(3,17)15-10-9-14(18-15)13-7-5-4-6-8-13/h4-9,11,15,18H,10H2,1-3H3. The molecule has 0 bridgehead atoms. The molecule has 0 aliphatic carbocycles. The predicted molar refractivity (Wildman–Crippen MR) is 87.8 cm³/mol. The molecule has 1 heterocycles. The van der Waals surface area contributed by atoms with E-state index in [1.807, 2.05) is 0 Å². The fraction of sp³-hybridized carbons (Fsp3) is 0.375. The zero-order valence-corrected chi connectivity index (χ0v) is 13.4. The van der Waals surface area contributed by atoms with E-state index in [0.29, 0.717) is 6.04 Å². The van der Waals surface area contributed by atoms with E-state index in [1.54, 1.807) is 0 Å². The minimum Gasteiger partial charge on any atom is -0.380 e. The number of benzene rings is 1. The first-order valence-corrected chi connectivity index (χ1v) is 7.44. The molecular formula is C16H20IN. The van der Waals surface area contributed by atoms with Crippen molar-refractivity contribution < 1.29 is 0 Å². The van der Waals surface area contributed by atoms with E-state index in [9.17, 15) is 0 Å². The Kier molecular flexibility index (Phi) is 4.15. The van der Waals surface area contributed by atoms with Gasteiger partial charge < -0.3 is 5.32 Å². The molecule has 96 valence electrons. The molecule has 1 aromatic rings. The Morgan fingerprint density at radius 1 is 1.33 bits per heavy atom. The molecule has 0 spiro atoms.